The molecule has 0 unspecified atom stereocenters. The average Bonchev–Trinajstić information content (AvgIpc) is 2.45. The average molecular weight is 294 g/mol. The first kappa shape index (κ1) is 17.0. The van der Waals surface area contributed by atoms with Crippen molar-refractivity contribution in [3.8, 4) is 5.75 Å². The molecule has 6 nitrogen and oxygen atoms in total. The van der Waals surface area contributed by atoms with E-state index in [9.17, 15) is 9.59 Å². The van der Waals surface area contributed by atoms with Gasteiger partial charge in [0.15, 0.2) is 0 Å². The van der Waals surface area contributed by atoms with E-state index in [-0.39, 0.29) is 19.0 Å². The molecular formula is C15H22N2O4. The molecule has 0 saturated heterocycles. The Bertz CT molecular complexity index is 476. The fourth-order valence-electron chi connectivity index (χ4n) is 2.02. The lowest BCUT2D eigenvalue weighted by Crippen LogP contribution is -2.40. The van der Waals surface area contributed by atoms with Gasteiger partial charge in [0.2, 0.25) is 5.91 Å². The first-order chi connectivity index (χ1) is 10.1. The van der Waals surface area contributed by atoms with Gasteiger partial charge in [-0.05, 0) is 19.0 Å². The summed E-state index contributed by atoms with van der Waals surface area (Å²) in [5, 5.41) is 11.6. The van der Waals surface area contributed by atoms with E-state index in [0.29, 0.717) is 18.8 Å². The van der Waals surface area contributed by atoms with Crippen LogP contribution < -0.4 is 10.1 Å². The number of hydrogen-bond donors (Lipinski definition) is 2. The van der Waals surface area contributed by atoms with Crippen LogP contribution in [0.3, 0.4) is 0 Å². The number of ether oxygens (including phenoxy) is 1. The molecule has 0 fully saturated rings. The Morgan fingerprint density at radius 3 is 2.62 bits per heavy atom. The lowest BCUT2D eigenvalue weighted by molar-refractivity contribution is -0.138. The number of amides is 1. The van der Waals surface area contributed by atoms with Gasteiger partial charge >= 0.3 is 5.97 Å². The highest BCUT2D eigenvalue weighted by Crippen LogP contribution is 2.16. The molecule has 21 heavy (non-hydrogen) atoms. The number of methoxy groups -OCH3 is 1. The minimum Gasteiger partial charge on any atom is -0.496 e. The second-order valence-corrected chi connectivity index (χ2v) is 4.69. The second kappa shape index (κ2) is 8.97. The molecule has 0 atom stereocenters. The molecule has 0 radical (unpaired) electrons. The van der Waals surface area contributed by atoms with E-state index >= 15 is 0 Å². The van der Waals surface area contributed by atoms with Crippen molar-refractivity contribution in [2.24, 2.45) is 0 Å². The Hall–Kier alpha value is -2.08. The van der Waals surface area contributed by atoms with E-state index in [1.165, 1.54) is 0 Å². The summed E-state index contributed by atoms with van der Waals surface area (Å²) < 4.78 is 5.21. The highest BCUT2D eigenvalue weighted by atomic mass is 16.5. The van der Waals surface area contributed by atoms with E-state index in [2.05, 4.69) is 5.32 Å². The zero-order chi connectivity index (χ0) is 15.7. The van der Waals surface area contributed by atoms with Gasteiger partial charge in [0.25, 0.3) is 0 Å². The van der Waals surface area contributed by atoms with Crippen molar-refractivity contribution in [3.05, 3.63) is 29.8 Å². The number of carbonyl (C=O) groups is 2. The molecule has 0 spiro atoms. The summed E-state index contributed by atoms with van der Waals surface area (Å²) >= 11 is 0. The summed E-state index contributed by atoms with van der Waals surface area (Å²) in [5.74, 6) is -0.412. The normalized spacial score (nSPS) is 10.4. The zero-order valence-corrected chi connectivity index (χ0v) is 12.5. The van der Waals surface area contributed by atoms with E-state index in [4.69, 9.17) is 9.84 Å². The molecule has 116 valence electrons. The highest BCUT2D eigenvalue weighted by Gasteiger charge is 2.13. The summed E-state index contributed by atoms with van der Waals surface area (Å²) in [6.45, 7) is 2.83. The van der Waals surface area contributed by atoms with Crippen molar-refractivity contribution >= 4 is 11.9 Å². The highest BCUT2D eigenvalue weighted by molar-refractivity contribution is 5.79. The summed E-state index contributed by atoms with van der Waals surface area (Å²) in [6, 6.07) is 7.44. The Kier molecular flexibility index (Phi) is 7.25. The van der Waals surface area contributed by atoms with Crippen LogP contribution in [0, 0.1) is 0 Å². The maximum atomic E-state index is 11.9. The Labute approximate surface area is 124 Å². The molecule has 1 rings (SSSR count). The van der Waals surface area contributed by atoms with Gasteiger partial charge in [-0.1, -0.05) is 25.1 Å². The van der Waals surface area contributed by atoms with Crippen molar-refractivity contribution < 1.29 is 19.4 Å². The second-order valence-electron chi connectivity index (χ2n) is 4.69. The van der Waals surface area contributed by atoms with E-state index in [1.807, 2.05) is 31.2 Å². The lowest BCUT2D eigenvalue weighted by Gasteiger charge is -2.19. The van der Waals surface area contributed by atoms with Crippen molar-refractivity contribution in [1.29, 1.82) is 0 Å². The molecule has 1 amide bonds. The number of nitrogens with one attached hydrogen (secondary N) is 1. The molecule has 0 aliphatic rings. The van der Waals surface area contributed by atoms with Gasteiger partial charge in [0, 0.05) is 12.1 Å². The number of aliphatic carboxylic acids is 1. The summed E-state index contributed by atoms with van der Waals surface area (Å²) in [7, 11) is 1.58. The maximum Gasteiger partial charge on any atom is 0.317 e. The standard InChI is InChI=1S/C15H22N2O4/c1-3-8-17(11-15(19)20)10-14(18)16-9-12-6-4-5-7-13(12)21-2/h4-7H,3,8-11H2,1-2H3,(H,16,18)(H,19,20). The molecule has 0 aliphatic heterocycles. The van der Waals surface area contributed by atoms with Crippen LogP contribution in [0.1, 0.15) is 18.9 Å². The molecule has 1 aromatic carbocycles. The van der Waals surface area contributed by atoms with Crippen LogP contribution in [0.5, 0.6) is 5.75 Å². The minimum absolute atomic E-state index is 0.0787. The third-order valence-electron chi connectivity index (χ3n) is 2.93. The number of hydrogen-bond acceptors (Lipinski definition) is 4. The fraction of sp³-hybridized carbons (Fsp3) is 0.467. The summed E-state index contributed by atoms with van der Waals surface area (Å²) in [4.78, 5) is 24.2. The van der Waals surface area contributed by atoms with E-state index in [0.717, 1.165) is 12.0 Å². The van der Waals surface area contributed by atoms with Crippen LogP contribution >= 0.6 is 0 Å². The maximum absolute atomic E-state index is 11.9. The van der Waals surface area contributed by atoms with Crippen LogP contribution in [0.15, 0.2) is 24.3 Å². The van der Waals surface area contributed by atoms with Crippen LogP contribution in [-0.2, 0) is 16.1 Å². The molecule has 6 heteroatoms. The molecular weight excluding hydrogens is 272 g/mol. The molecule has 1 aromatic rings. The Balaban J connectivity index is 2.50. The molecule has 0 bridgehead atoms. The third kappa shape index (κ3) is 6.27. The smallest absolute Gasteiger partial charge is 0.317 e. The monoisotopic (exact) mass is 294 g/mol. The predicted molar refractivity (Wildman–Crippen MR) is 79.2 cm³/mol. The van der Waals surface area contributed by atoms with Crippen LogP contribution in [-0.4, -0.2) is 48.6 Å². The first-order valence-electron chi connectivity index (χ1n) is 6.89. The van der Waals surface area contributed by atoms with Gasteiger partial charge in [-0.15, -0.1) is 0 Å². The number of carbonyl (C=O) groups excluding carboxylic acids is 1. The van der Waals surface area contributed by atoms with E-state index < -0.39 is 5.97 Å². The minimum atomic E-state index is -0.930. The largest absolute Gasteiger partial charge is 0.496 e. The van der Waals surface area contributed by atoms with Crippen molar-refractivity contribution in [1.82, 2.24) is 10.2 Å². The van der Waals surface area contributed by atoms with Crippen molar-refractivity contribution in [2.75, 3.05) is 26.7 Å². The van der Waals surface area contributed by atoms with Gasteiger partial charge in [-0.25, -0.2) is 0 Å². The van der Waals surface area contributed by atoms with Crippen molar-refractivity contribution in [2.45, 2.75) is 19.9 Å². The molecule has 0 aliphatic carbocycles. The Morgan fingerprint density at radius 2 is 2.00 bits per heavy atom. The van der Waals surface area contributed by atoms with Gasteiger partial charge in [0.05, 0.1) is 20.2 Å². The lowest BCUT2D eigenvalue weighted by atomic mass is 10.2. The fourth-order valence-corrected chi connectivity index (χ4v) is 2.02. The molecule has 2 N–H and O–H groups in total. The molecule has 0 heterocycles. The number of para-hydroxylation sites is 1. The number of carboxylic acids is 1. The van der Waals surface area contributed by atoms with Crippen LogP contribution in [0.4, 0.5) is 0 Å². The number of nitrogens with zero attached hydrogens (tertiary/aromatic N) is 1. The predicted octanol–water partition coefficient (Wildman–Crippen LogP) is 1.11. The van der Waals surface area contributed by atoms with Crippen molar-refractivity contribution in [3.63, 3.8) is 0 Å². The summed E-state index contributed by atoms with van der Waals surface area (Å²) in [5.41, 5.74) is 0.883. The summed E-state index contributed by atoms with van der Waals surface area (Å²) in [6.07, 6.45) is 0.799. The topological polar surface area (TPSA) is 78.9 Å². The zero-order valence-electron chi connectivity index (χ0n) is 12.5. The number of rotatable bonds is 9. The van der Waals surface area contributed by atoms with Gasteiger partial charge in [0.1, 0.15) is 5.75 Å². The number of carboxylic acid groups (broad SMARTS) is 1. The molecule has 0 aromatic heterocycles. The van der Waals surface area contributed by atoms with Gasteiger partial charge in [-0.3, -0.25) is 14.5 Å². The van der Waals surface area contributed by atoms with E-state index in [1.54, 1.807) is 12.0 Å². The first-order valence-corrected chi connectivity index (χ1v) is 6.89. The van der Waals surface area contributed by atoms with Crippen LogP contribution in [0.25, 0.3) is 0 Å². The number of benzene rings is 1. The van der Waals surface area contributed by atoms with Gasteiger partial charge < -0.3 is 15.2 Å². The Morgan fingerprint density at radius 1 is 1.29 bits per heavy atom. The van der Waals surface area contributed by atoms with Crippen LogP contribution in [0.2, 0.25) is 0 Å². The SMILES string of the molecule is CCCN(CC(=O)O)CC(=O)NCc1ccccc1OC. The third-order valence-corrected chi connectivity index (χ3v) is 2.93. The van der Waals surface area contributed by atoms with Gasteiger partial charge in [-0.2, -0.15) is 0 Å². The quantitative estimate of drug-likeness (QED) is 0.713. The molecule has 0 saturated carbocycles.